The van der Waals surface area contributed by atoms with E-state index in [4.69, 9.17) is 16.6 Å². The minimum absolute atomic E-state index is 0.121. The Labute approximate surface area is 216 Å². The lowest BCUT2D eigenvalue weighted by Crippen LogP contribution is -2.22. The van der Waals surface area contributed by atoms with E-state index in [-0.39, 0.29) is 11.6 Å². The first-order chi connectivity index (χ1) is 17.4. The second-order valence-electron chi connectivity index (χ2n) is 7.78. The maximum Gasteiger partial charge on any atom is 0.271 e. The van der Waals surface area contributed by atoms with Gasteiger partial charge in [0.25, 0.3) is 5.69 Å². The largest absolute Gasteiger partial charge is 0.325 e. The number of nitriles is 1. The van der Waals surface area contributed by atoms with Crippen molar-refractivity contribution in [3.05, 3.63) is 106 Å². The Bertz CT molecular complexity index is 1470. The van der Waals surface area contributed by atoms with Crippen LogP contribution in [-0.4, -0.2) is 21.1 Å². The van der Waals surface area contributed by atoms with Gasteiger partial charge < -0.3 is 5.32 Å². The minimum atomic E-state index is -0.645. The molecule has 178 valence electrons. The van der Waals surface area contributed by atoms with E-state index < -0.39 is 10.2 Å². The van der Waals surface area contributed by atoms with Gasteiger partial charge in [-0.15, -0.1) is 0 Å². The van der Waals surface area contributed by atoms with Crippen LogP contribution >= 0.6 is 23.4 Å². The lowest BCUT2D eigenvalue weighted by atomic mass is 9.99. The van der Waals surface area contributed by atoms with Gasteiger partial charge in [0.05, 0.1) is 21.4 Å². The smallest absolute Gasteiger partial charge is 0.271 e. The van der Waals surface area contributed by atoms with Crippen LogP contribution in [0.3, 0.4) is 0 Å². The molecule has 0 fully saturated rings. The Morgan fingerprint density at radius 3 is 2.44 bits per heavy atom. The third-order valence-corrected chi connectivity index (χ3v) is 6.64. The fourth-order valence-electron chi connectivity index (χ4n) is 3.49. The first-order valence-corrected chi connectivity index (χ1v) is 12.1. The molecular formula is C27H19ClN4O3S. The van der Waals surface area contributed by atoms with Crippen LogP contribution < -0.4 is 5.32 Å². The molecule has 1 N–H and O–H groups in total. The maximum atomic E-state index is 12.9. The number of rotatable bonds is 7. The molecule has 7 nitrogen and oxygen atoms in total. The number of aromatic nitrogens is 1. The summed E-state index contributed by atoms with van der Waals surface area (Å²) in [5, 5.41) is 24.1. The summed E-state index contributed by atoms with van der Waals surface area (Å²) < 4.78 is 0. The van der Waals surface area contributed by atoms with Crippen LogP contribution in [0.1, 0.15) is 12.5 Å². The predicted octanol–water partition coefficient (Wildman–Crippen LogP) is 6.97. The fourth-order valence-corrected chi connectivity index (χ4v) is 4.54. The number of thioether (sulfide) groups is 1. The zero-order valence-electron chi connectivity index (χ0n) is 19.0. The number of nitrogens with zero attached hydrogens (tertiary/aromatic N) is 3. The van der Waals surface area contributed by atoms with Crippen molar-refractivity contribution in [2.45, 2.75) is 17.2 Å². The Morgan fingerprint density at radius 2 is 1.78 bits per heavy atom. The highest BCUT2D eigenvalue weighted by molar-refractivity contribution is 8.00. The second-order valence-corrected chi connectivity index (χ2v) is 9.54. The van der Waals surface area contributed by atoms with E-state index >= 15 is 0 Å². The molecule has 1 amide bonds. The number of hydrogen-bond acceptors (Lipinski definition) is 6. The topological polar surface area (TPSA) is 109 Å². The van der Waals surface area contributed by atoms with Crippen LogP contribution in [0.5, 0.6) is 0 Å². The highest BCUT2D eigenvalue weighted by Crippen LogP contribution is 2.36. The molecule has 36 heavy (non-hydrogen) atoms. The number of pyridine rings is 1. The number of benzene rings is 3. The van der Waals surface area contributed by atoms with Gasteiger partial charge in [-0.3, -0.25) is 14.9 Å². The van der Waals surface area contributed by atoms with Crippen LogP contribution in [0.25, 0.3) is 22.4 Å². The molecule has 0 saturated carbocycles. The third-order valence-electron chi connectivity index (χ3n) is 5.30. The van der Waals surface area contributed by atoms with Crippen molar-refractivity contribution in [2.75, 3.05) is 5.32 Å². The summed E-state index contributed by atoms with van der Waals surface area (Å²) in [6.07, 6.45) is 0. The van der Waals surface area contributed by atoms with Gasteiger partial charge in [0.15, 0.2) is 0 Å². The highest BCUT2D eigenvalue weighted by atomic mass is 35.5. The number of amides is 1. The lowest BCUT2D eigenvalue weighted by Gasteiger charge is -2.16. The first kappa shape index (κ1) is 24.9. The number of nitro benzene ring substituents is 1. The van der Waals surface area contributed by atoms with Crippen molar-refractivity contribution in [3.63, 3.8) is 0 Å². The van der Waals surface area contributed by atoms with Gasteiger partial charge in [-0.1, -0.05) is 71.9 Å². The molecule has 4 rings (SSSR count). The zero-order chi connectivity index (χ0) is 25.7. The molecule has 0 aliphatic rings. The quantitative estimate of drug-likeness (QED) is 0.162. The van der Waals surface area contributed by atoms with Gasteiger partial charge in [-0.05, 0) is 36.8 Å². The second kappa shape index (κ2) is 11.0. The van der Waals surface area contributed by atoms with Crippen molar-refractivity contribution >= 4 is 40.6 Å². The van der Waals surface area contributed by atoms with Crippen LogP contribution in [0.4, 0.5) is 11.4 Å². The summed E-state index contributed by atoms with van der Waals surface area (Å²) in [7, 11) is 0. The molecule has 0 aliphatic heterocycles. The van der Waals surface area contributed by atoms with Crippen molar-refractivity contribution in [1.29, 1.82) is 5.26 Å². The number of hydrogen-bond donors (Lipinski definition) is 1. The van der Waals surface area contributed by atoms with Gasteiger partial charge >= 0.3 is 0 Å². The van der Waals surface area contributed by atoms with Crippen molar-refractivity contribution < 1.29 is 9.72 Å². The summed E-state index contributed by atoms with van der Waals surface area (Å²) in [4.78, 5) is 28.2. The molecule has 3 aromatic carbocycles. The van der Waals surface area contributed by atoms with Gasteiger partial charge in [0.1, 0.15) is 11.1 Å². The van der Waals surface area contributed by atoms with Gasteiger partial charge in [0, 0.05) is 34.0 Å². The van der Waals surface area contributed by atoms with E-state index in [1.54, 1.807) is 25.1 Å². The number of nitro groups is 1. The lowest BCUT2D eigenvalue weighted by molar-refractivity contribution is -0.384. The summed E-state index contributed by atoms with van der Waals surface area (Å²) >= 11 is 7.20. The number of carbonyl (C=O) groups is 1. The van der Waals surface area contributed by atoms with Crippen molar-refractivity contribution in [2.24, 2.45) is 0 Å². The Balaban J connectivity index is 1.70. The fraction of sp³-hybridized carbons (Fsp3) is 0.0741. The number of carbonyl (C=O) groups excluding carboxylic acids is 1. The average Bonchev–Trinajstić information content (AvgIpc) is 2.89. The SMILES string of the molecule is C[C@@H](Sc1nc(-c2ccc(Cl)cc2)cc(-c2ccccc2)c1C#N)C(=O)Nc1cccc([N+](=O)[O-])c1. The molecule has 0 bridgehead atoms. The number of non-ortho nitro benzene ring substituents is 1. The summed E-state index contributed by atoms with van der Waals surface area (Å²) in [5.41, 5.74) is 3.56. The van der Waals surface area contributed by atoms with Crippen molar-refractivity contribution in [3.8, 4) is 28.5 Å². The average molecular weight is 515 g/mol. The summed E-state index contributed by atoms with van der Waals surface area (Å²) in [6, 6.07) is 26.6. The van der Waals surface area contributed by atoms with E-state index in [1.807, 2.05) is 48.5 Å². The van der Waals surface area contributed by atoms with Crippen LogP contribution in [-0.2, 0) is 4.79 Å². The monoisotopic (exact) mass is 514 g/mol. The molecule has 0 unspecified atom stereocenters. The van der Waals surface area contributed by atoms with E-state index in [0.717, 1.165) is 22.9 Å². The van der Waals surface area contributed by atoms with Crippen LogP contribution in [0.15, 0.2) is 90.0 Å². The van der Waals surface area contributed by atoms with Crippen molar-refractivity contribution in [1.82, 2.24) is 4.98 Å². The third kappa shape index (κ3) is 5.71. The van der Waals surface area contributed by atoms with E-state index in [1.165, 1.54) is 18.2 Å². The molecule has 1 atom stereocenters. The molecule has 9 heteroatoms. The number of halogens is 1. The van der Waals surface area contributed by atoms with Crippen LogP contribution in [0.2, 0.25) is 5.02 Å². The Kier molecular flexibility index (Phi) is 7.64. The normalized spacial score (nSPS) is 11.4. The standard InChI is InChI=1S/C27H19ClN4O3S/c1-17(26(33)30-21-8-5-9-22(14-21)32(34)35)36-27-24(16-29)23(18-6-3-2-4-7-18)15-25(31-27)19-10-12-20(28)13-11-19/h2-15,17H,1H3,(H,30,33)/t17-/m1/s1. The minimum Gasteiger partial charge on any atom is -0.325 e. The maximum absolute atomic E-state index is 12.9. The van der Waals surface area contributed by atoms with Crippen LogP contribution in [0, 0.1) is 21.4 Å². The molecule has 1 aromatic heterocycles. The predicted molar refractivity (Wildman–Crippen MR) is 142 cm³/mol. The summed E-state index contributed by atoms with van der Waals surface area (Å²) in [6.45, 7) is 1.69. The number of anilines is 1. The molecule has 1 heterocycles. The van der Waals surface area contributed by atoms with Gasteiger partial charge in [-0.2, -0.15) is 5.26 Å². The molecule has 0 radical (unpaired) electrons. The van der Waals surface area contributed by atoms with Gasteiger partial charge in [-0.25, -0.2) is 4.98 Å². The highest BCUT2D eigenvalue weighted by Gasteiger charge is 2.22. The molecule has 0 saturated heterocycles. The molecular weight excluding hydrogens is 496 g/mol. The summed E-state index contributed by atoms with van der Waals surface area (Å²) in [5.74, 6) is -0.371. The zero-order valence-corrected chi connectivity index (χ0v) is 20.6. The number of nitrogens with one attached hydrogen (secondary N) is 1. The first-order valence-electron chi connectivity index (χ1n) is 10.8. The van der Waals surface area contributed by atoms with E-state index in [2.05, 4.69) is 11.4 Å². The molecule has 0 aliphatic carbocycles. The Morgan fingerprint density at radius 1 is 1.06 bits per heavy atom. The van der Waals surface area contributed by atoms with E-state index in [0.29, 0.717) is 32.6 Å². The molecule has 0 spiro atoms. The molecule has 4 aromatic rings. The Hall–Kier alpha value is -4.19. The van der Waals surface area contributed by atoms with Gasteiger partial charge in [0.2, 0.25) is 5.91 Å². The van der Waals surface area contributed by atoms with E-state index in [9.17, 15) is 20.2 Å².